The van der Waals surface area contributed by atoms with E-state index in [9.17, 15) is 0 Å². The summed E-state index contributed by atoms with van der Waals surface area (Å²) in [5.41, 5.74) is 3.23. The summed E-state index contributed by atoms with van der Waals surface area (Å²) >= 11 is 0. The van der Waals surface area contributed by atoms with E-state index >= 15 is 0 Å². The van der Waals surface area contributed by atoms with Crippen molar-refractivity contribution in [1.82, 2.24) is 14.4 Å². The Bertz CT molecular complexity index is 429. The van der Waals surface area contributed by atoms with Crippen LogP contribution in [0.2, 0.25) is 0 Å². The van der Waals surface area contributed by atoms with Crippen molar-refractivity contribution in [3.05, 3.63) is 29.6 Å². The fourth-order valence-electron chi connectivity index (χ4n) is 1.58. The van der Waals surface area contributed by atoms with Crippen molar-refractivity contribution in [3.63, 3.8) is 0 Å². The normalized spacial score (nSPS) is 10.9. The van der Waals surface area contributed by atoms with Crippen LogP contribution in [-0.2, 0) is 0 Å². The summed E-state index contributed by atoms with van der Waals surface area (Å²) in [5.74, 6) is 1.02. The van der Waals surface area contributed by atoms with Gasteiger partial charge in [-0.05, 0) is 20.8 Å². The lowest BCUT2D eigenvalue weighted by Gasteiger charge is -1.97. The number of aromatic nitrogens is 3. The molecule has 62 valence electrons. The molecule has 0 unspecified atom stereocenters. The molecule has 0 aromatic carbocycles. The highest BCUT2D eigenvalue weighted by atomic mass is 15.0. The van der Waals surface area contributed by atoms with Gasteiger partial charge in [-0.15, -0.1) is 0 Å². The first kappa shape index (κ1) is 7.28. The number of fused-ring (bicyclic) bond motifs is 1. The van der Waals surface area contributed by atoms with Crippen LogP contribution in [0.15, 0.2) is 12.4 Å². The van der Waals surface area contributed by atoms with Gasteiger partial charge in [0.2, 0.25) is 0 Å². The molecule has 0 bridgehead atoms. The van der Waals surface area contributed by atoms with Crippen molar-refractivity contribution in [2.24, 2.45) is 0 Å². The zero-order chi connectivity index (χ0) is 8.72. The quantitative estimate of drug-likeness (QED) is 0.588. The molecular weight excluding hydrogens is 150 g/mol. The van der Waals surface area contributed by atoms with Crippen LogP contribution in [0.5, 0.6) is 0 Å². The minimum Gasteiger partial charge on any atom is -0.300 e. The maximum Gasteiger partial charge on any atom is 0.110 e. The summed E-state index contributed by atoms with van der Waals surface area (Å²) < 4.78 is 2.07. The Hall–Kier alpha value is -1.38. The molecule has 3 nitrogen and oxygen atoms in total. The fourth-order valence-corrected chi connectivity index (χ4v) is 1.58. The minimum absolute atomic E-state index is 1.02. The van der Waals surface area contributed by atoms with Gasteiger partial charge >= 0.3 is 0 Å². The Morgan fingerprint density at radius 3 is 2.58 bits per heavy atom. The predicted octanol–water partition coefficient (Wildman–Crippen LogP) is 1.65. The lowest BCUT2D eigenvalue weighted by molar-refractivity contribution is 1.01. The van der Waals surface area contributed by atoms with E-state index < -0.39 is 0 Å². The van der Waals surface area contributed by atoms with Crippen LogP contribution < -0.4 is 0 Å². The molecule has 12 heavy (non-hydrogen) atoms. The second-order valence-electron chi connectivity index (χ2n) is 2.98. The third kappa shape index (κ3) is 0.826. The monoisotopic (exact) mass is 161 g/mol. The first-order chi connectivity index (χ1) is 5.70. The molecule has 0 aliphatic rings. The maximum absolute atomic E-state index is 4.37. The fraction of sp³-hybridized carbons (Fsp3) is 0.333. The molecular formula is C9H11N3. The highest BCUT2D eigenvalue weighted by molar-refractivity contribution is 5.56. The topological polar surface area (TPSA) is 30.2 Å². The molecule has 0 fully saturated rings. The molecule has 2 aromatic heterocycles. The predicted molar refractivity (Wildman–Crippen MR) is 47.2 cm³/mol. The molecule has 2 rings (SSSR count). The number of nitrogens with zero attached hydrogens (tertiary/aromatic N) is 3. The minimum atomic E-state index is 1.02. The molecule has 0 N–H and O–H groups in total. The third-order valence-electron chi connectivity index (χ3n) is 2.09. The Morgan fingerprint density at radius 2 is 1.92 bits per heavy atom. The molecule has 0 amide bonds. The zero-order valence-electron chi connectivity index (χ0n) is 7.50. The molecule has 0 saturated heterocycles. The van der Waals surface area contributed by atoms with Crippen molar-refractivity contribution in [3.8, 4) is 0 Å². The maximum atomic E-state index is 4.37. The summed E-state index contributed by atoms with van der Waals surface area (Å²) in [6, 6.07) is 0. The lowest BCUT2D eigenvalue weighted by Crippen LogP contribution is -1.91. The van der Waals surface area contributed by atoms with E-state index in [2.05, 4.69) is 14.4 Å². The first-order valence-corrected chi connectivity index (χ1v) is 3.97. The van der Waals surface area contributed by atoms with Crippen molar-refractivity contribution in [2.45, 2.75) is 20.8 Å². The van der Waals surface area contributed by atoms with Gasteiger partial charge in [-0.25, -0.2) is 4.98 Å². The Balaban J connectivity index is 2.99. The Kier molecular flexibility index (Phi) is 1.40. The second-order valence-corrected chi connectivity index (χ2v) is 2.98. The Morgan fingerprint density at radius 1 is 1.17 bits per heavy atom. The second kappa shape index (κ2) is 2.30. The van der Waals surface area contributed by atoms with E-state index in [0.717, 1.165) is 22.7 Å². The largest absolute Gasteiger partial charge is 0.300 e. The van der Waals surface area contributed by atoms with E-state index in [1.807, 2.05) is 27.0 Å². The van der Waals surface area contributed by atoms with E-state index in [1.165, 1.54) is 0 Å². The highest BCUT2D eigenvalue weighted by Crippen LogP contribution is 2.13. The number of aryl methyl sites for hydroxylation is 3. The summed E-state index contributed by atoms with van der Waals surface area (Å²) in [4.78, 5) is 8.59. The van der Waals surface area contributed by atoms with Crippen LogP contribution >= 0.6 is 0 Å². The molecule has 0 radical (unpaired) electrons. The number of imidazole rings is 1. The average molecular weight is 161 g/mol. The van der Waals surface area contributed by atoms with Gasteiger partial charge in [-0.3, -0.25) is 4.98 Å². The van der Waals surface area contributed by atoms with E-state index in [-0.39, 0.29) is 0 Å². The van der Waals surface area contributed by atoms with Gasteiger partial charge in [0.25, 0.3) is 0 Å². The van der Waals surface area contributed by atoms with Gasteiger partial charge in [0, 0.05) is 12.4 Å². The van der Waals surface area contributed by atoms with Crippen LogP contribution in [0, 0.1) is 20.8 Å². The average Bonchev–Trinajstić information content (AvgIpc) is 2.29. The standard InChI is InChI=1S/C9H11N3/c1-6-9-7(2)11-8(3)12(9)5-4-10-6/h4-5H,1-3H3. The van der Waals surface area contributed by atoms with E-state index in [0.29, 0.717) is 0 Å². The summed E-state index contributed by atoms with van der Waals surface area (Å²) in [6.45, 7) is 6.01. The van der Waals surface area contributed by atoms with Gasteiger partial charge in [0.1, 0.15) is 5.82 Å². The molecule has 3 heteroatoms. The molecule has 0 saturated carbocycles. The molecule has 0 spiro atoms. The first-order valence-electron chi connectivity index (χ1n) is 3.97. The smallest absolute Gasteiger partial charge is 0.110 e. The van der Waals surface area contributed by atoms with E-state index in [4.69, 9.17) is 0 Å². The highest BCUT2D eigenvalue weighted by Gasteiger charge is 2.05. The molecule has 0 aliphatic carbocycles. The summed E-state index contributed by atoms with van der Waals surface area (Å²) in [6.07, 6.45) is 3.74. The van der Waals surface area contributed by atoms with Gasteiger partial charge in [-0.2, -0.15) is 0 Å². The van der Waals surface area contributed by atoms with Gasteiger partial charge in [0.05, 0.1) is 16.9 Å². The van der Waals surface area contributed by atoms with Crippen LogP contribution in [0.3, 0.4) is 0 Å². The zero-order valence-corrected chi connectivity index (χ0v) is 7.50. The van der Waals surface area contributed by atoms with Gasteiger partial charge in [0.15, 0.2) is 0 Å². The SMILES string of the molecule is Cc1nccn2c(C)nc(C)c12. The van der Waals surface area contributed by atoms with Crippen LogP contribution in [0.4, 0.5) is 0 Å². The molecule has 2 heterocycles. The Labute approximate surface area is 71.1 Å². The molecule has 0 aliphatic heterocycles. The summed E-state index contributed by atoms with van der Waals surface area (Å²) in [5, 5.41) is 0. The van der Waals surface area contributed by atoms with Crippen molar-refractivity contribution < 1.29 is 0 Å². The van der Waals surface area contributed by atoms with Crippen LogP contribution in [-0.4, -0.2) is 14.4 Å². The van der Waals surface area contributed by atoms with Crippen LogP contribution in [0.1, 0.15) is 17.2 Å². The van der Waals surface area contributed by atoms with Gasteiger partial charge in [-0.1, -0.05) is 0 Å². The molecule has 2 aromatic rings. The van der Waals surface area contributed by atoms with Crippen molar-refractivity contribution >= 4 is 5.52 Å². The van der Waals surface area contributed by atoms with Crippen molar-refractivity contribution in [2.75, 3.05) is 0 Å². The third-order valence-corrected chi connectivity index (χ3v) is 2.09. The van der Waals surface area contributed by atoms with Crippen molar-refractivity contribution in [1.29, 1.82) is 0 Å². The summed E-state index contributed by atoms with van der Waals surface area (Å²) in [7, 11) is 0. The number of hydrogen-bond donors (Lipinski definition) is 0. The van der Waals surface area contributed by atoms with Gasteiger partial charge < -0.3 is 4.40 Å². The molecule has 0 atom stereocenters. The van der Waals surface area contributed by atoms with E-state index in [1.54, 1.807) is 6.20 Å². The van der Waals surface area contributed by atoms with Crippen LogP contribution in [0.25, 0.3) is 5.52 Å². The number of hydrogen-bond acceptors (Lipinski definition) is 2. The number of rotatable bonds is 0. The lowest BCUT2D eigenvalue weighted by atomic mass is 10.3.